The molecule has 3 heteroatoms. The summed E-state index contributed by atoms with van der Waals surface area (Å²) in [5, 5.41) is 18.3. The predicted molar refractivity (Wildman–Crippen MR) is 52.7 cm³/mol. The first kappa shape index (κ1) is 10.3. The van der Waals surface area contributed by atoms with E-state index in [2.05, 4.69) is 6.58 Å². The van der Waals surface area contributed by atoms with E-state index in [1.54, 1.807) is 24.3 Å². The van der Waals surface area contributed by atoms with Crippen molar-refractivity contribution in [2.45, 2.75) is 6.10 Å². The Kier molecular flexibility index (Phi) is 3.27. The topological polar surface area (TPSA) is 53.2 Å². The highest BCUT2D eigenvalue weighted by atomic mass is 16.5. The molecule has 3 nitrogen and oxygen atoms in total. The van der Waals surface area contributed by atoms with Crippen LogP contribution < -0.4 is 4.74 Å². The maximum atomic E-state index is 9.70. The van der Waals surface area contributed by atoms with Crippen molar-refractivity contribution in [3.05, 3.63) is 42.0 Å². The summed E-state index contributed by atoms with van der Waals surface area (Å²) >= 11 is 0. The van der Waals surface area contributed by atoms with Gasteiger partial charge >= 0.3 is 0 Å². The van der Waals surface area contributed by atoms with E-state index < -0.39 is 6.10 Å². The van der Waals surface area contributed by atoms with Crippen LogP contribution >= 0.6 is 0 Å². The molecule has 1 aromatic carbocycles. The number of aliphatic hydroxyl groups excluding tert-OH is 1. The fourth-order valence-electron chi connectivity index (χ4n) is 1.14. The molecule has 14 heavy (non-hydrogen) atoms. The second kappa shape index (κ2) is 4.45. The van der Waals surface area contributed by atoms with Crippen LogP contribution in [0, 0.1) is 11.3 Å². The monoisotopic (exact) mass is 189 g/mol. The molecule has 1 aromatic rings. The third-order valence-corrected chi connectivity index (χ3v) is 1.91. The van der Waals surface area contributed by atoms with Crippen molar-refractivity contribution in [3.63, 3.8) is 0 Å². The maximum Gasteiger partial charge on any atom is 0.125 e. The molecule has 1 unspecified atom stereocenters. The normalized spacial score (nSPS) is 11.5. The molecule has 0 radical (unpaired) electrons. The van der Waals surface area contributed by atoms with Gasteiger partial charge in [-0.2, -0.15) is 5.26 Å². The van der Waals surface area contributed by atoms with Crippen LogP contribution in [0.4, 0.5) is 0 Å². The zero-order valence-corrected chi connectivity index (χ0v) is 7.90. The lowest BCUT2D eigenvalue weighted by Gasteiger charge is -2.12. The van der Waals surface area contributed by atoms with E-state index in [9.17, 15) is 5.11 Å². The quantitative estimate of drug-likeness (QED) is 0.738. The molecule has 0 fully saturated rings. The molecule has 1 N–H and O–H groups in total. The summed E-state index contributed by atoms with van der Waals surface area (Å²) in [5.74, 6) is 0.552. The van der Waals surface area contributed by atoms with E-state index in [1.165, 1.54) is 7.11 Å². The fourth-order valence-corrected chi connectivity index (χ4v) is 1.14. The lowest BCUT2D eigenvalue weighted by molar-refractivity contribution is 0.215. The maximum absolute atomic E-state index is 9.70. The summed E-state index contributed by atoms with van der Waals surface area (Å²) in [4.78, 5) is 0. The number of benzene rings is 1. The zero-order chi connectivity index (χ0) is 10.6. The number of rotatable bonds is 3. The highest BCUT2D eigenvalue weighted by molar-refractivity contribution is 5.41. The third kappa shape index (κ3) is 1.93. The van der Waals surface area contributed by atoms with Gasteiger partial charge in [0.2, 0.25) is 0 Å². The second-order valence-electron chi connectivity index (χ2n) is 2.78. The molecule has 1 rings (SSSR count). The predicted octanol–water partition coefficient (Wildman–Crippen LogP) is 1.81. The van der Waals surface area contributed by atoms with Crippen molar-refractivity contribution in [1.82, 2.24) is 0 Å². The minimum absolute atomic E-state index is 0.106. The van der Waals surface area contributed by atoms with Gasteiger partial charge in [-0.15, -0.1) is 0 Å². The molecule has 0 heterocycles. The number of para-hydroxylation sites is 1. The van der Waals surface area contributed by atoms with Crippen LogP contribution in [0.25, 0.3) is 0 Å². The Morgan fingerprint density at radius 1 is 1.57 bits per heavy atom. The zero-order valence-electron chi connectivity index (χ0n) is 7.90. The molecule has 0 aliphatic rings. The van der Waals surface area contributed by atoms with Crippen molar-refractivity contribution in [2.24, 2.45) is 0 Å². The molecule has 0 amide bonds. The van der Waals surface area contributed by atoms with Gasteiger partial charge in [-0.05, 0) is 6.07 Å². The van der Waals surface area contributed by atoms with Gasteiger partial charge in [0.25, 0.3) is 0 Å². The lowest BCUT2D eigenvalue weighted by atomic mass is 10.0. The molecular weight excluding hydrogens is 178 g/mol. The standard InChI is InChI=1S/C11H11NO2/c1-8(7-12)11(13)9-5-3-4-6-10(9)14-2/h3-6,11,13H,1H2,2H3. The number of aliphatic hydroxyl groups is 1. The molecule has 0 saturated carbocycles. The first-order valence-corrected chi connectivity index (χ1v) is 4.10. The average molecular weight is 189 g/mol. The van der Waals surface area contributed by atoms with Crippen LogP contribution in [0.3, 0.4) is 0 Å². The number of methoxy groups -OCH3 is 1. The van der Waals surface area contributed by atoms with Crippen molar-refractivity contribution >= 4 is 0 Å². The van der Waals surface area contributed by atoms with Gasteiger partial charge in [-0.25, -0.2) is 0 Å². The Morgan fingerprint density at radius 3 is 2.79 bits per heavy atom. The number of hydrogen-bond acceptors (Lipinski definition) is 3. The number of nitrogens with zero attached hydrogens (tertiary/aromatic N) is 1. The van der Waals surface area contributed by atoms with Gasteiger partial charge in [-0.3, -0.25) is 0 Å². The Morgan fingerprint density at radius 2 is 2.21 bits per heavy atom. The molecule has 72 valence electrons. The van der Waals surface area contributed by atoms with Crippen LogP contribution in [0.15, 0.2) is 36.4 Å². The first-order valence-electron chi connectivity index (χ1n) is 4.10. The molecule has 0 spiro atoms. The first-order chi connectivity index (χ1) is 6.70. The van der Waals surface area contributed by atoms with Crippen molar-refractivity contribution in [1.29, 1.82) is 5.26 Å². The summed E-state index contributed by atoms with van der Waals surface area (Å²) in [6, 6.07) is 8.81. The smallest absolute Gasteiger partial charge is 0.125 e. The Bertz CT molecular complexity index is 379. The largest absolute Gasteiger partial charge is 0.496 e. The van der Waals surface area contributed by atoms with E-state index >= 15 is 0 Å². The van der Waals surface area contributed by atoms with Gasteiger partial charge in [-0.1, -0.05) is 24.8 Å². The average Bonchev–Trinajstić information content (AvgIpc) is 2.26. The van der Waals surface area contributed by atoms with Crippen molar-refractivity contribution in [3.8, 4) is 11.8 Å². The Balaban J connectivity index is 3.07. The molecule has 1 atom stereocenters. The van der Waals surface area contributed by atoms with Gasteiger partial charge in [0.05, 0.1) is 18.8 Å². The minimum Gasteiger partial charge on any atom is -0.496 e. The van der Waals surface area contributed by atoms with E-state index in [-0.39, 0.29) is 5.57 Å². The van der Waals surface area contributed by atoms with Crippen LogP contribution in [0.1, 0.15) is 11.7 Å². The number of hydrogen-bond donors (Lipinski definition) is 1. The van der Waals surface area contributed by atoms with Gasteiger partial charge < -0.3 is 9.84 Å². The van der Waals surface area contributed by atoms with Crippen LogP contribution in [0.5, 0.6) is 5.75 Å². The minimum atomic E-state index is -0.990. The highest BCUT2D eigenvalue weighted by Crippen LogP contribution is 2.28. The highest BCUT2D eigenvalue weighted by Gasteiger charge is 2.15. The Labute approximate surface area is 82.9 Å². The molecular formula is C11H11NO2. The fraction of sp³-hybridized carbons (Fsp3) is 0.182. The van der Waals surface area contributed by atoms with Crippen molar-refractivity contribution in [2.75, 3.05) is 7.11 Å². The van der Waals surface area contributed by atoms with Gasteiger partial charge in [0, 0.05) is 5.56 Å². The molecule has 0 aliphatic carbocycles. The van der Waals surface area contributed by atoms with E-state index in [1.807, 2.05) is 6.07 Å². The second-order valence-corrected chi connectivity index (χ2v) is 2.78. The summed E-state index contributed by atoms with van der Waals surface area (Å²) in [6.45, 7) is 3.46. The number of ether oxygens (including phenoxy) is 1. The van der Waals surface area contributed by atoms with Gasteiger partial charge in [0.15, 0.2) is 0 Å². The van der Waals surface area contributed by atoms with E-state index in [0.717, 1.165) is 0 Å². The van der Waals surface area contributed by atoms with Crippen molar-refractivity contribution < 1.29 is 9.84 Å². The molecule has 0 aromatic heterocycles. The summed E-state index contributed by atoms with van der Waals surface area (Å²) in [7, 11) is 1.51. The summed E-state index contributed by atoms with van der Waals surface area (Å²) in [5.41, 5.74) is 0.663. The van der Waals surface area contributed by atoms with E-state index in [0.29, 0.717) is 11.3 Å². The number of nitriles is 1. The van der Waals surface area contributed by atoms with E-state index in [4.69, 9.17) is 10.00 Å². The Hall–Kier alpha value is -1.79. The SMILES string of the molecule is C=C(C#N)C(O)c1ccccc1OC. The van der Waals surface area contributed by atoms with Crippen LogP contribution in [-0.2, 0) is 0 Å². The molecule has 0 bridgehead atoms. The third-order valence-electron chi connectivity index (χ3n) is 1.91. The molecule has 0 saturated heterocycles. The van der Waals surface area contributed by atoms with Gasteiger partial charge in [0.1, 0.15) is 11.9 Å². The lowest BCUT2D eigenvalue weighted by Crippen LogP contribution is -2.01. The summed E-state index contributed by atoms with van der Waals surface area (Å²) in [6.07, 6.45) is -0.990. The molecule has 0 aliphatic heterocycles. The summed E-state index contributed by atoms with van der Waals surface area (Å²) < 4.78 is 5.05. The van der Waals surface area contributed by atoms with Crippen LogP contribution in [0.2, 0.25) is 0 Å². The van der Waals surface area contributed by atoms with Crippen LogP contribution in [-0.4, -0.2) is 12.2 Å².